The molecule has 0 aromatic carbocycles. The molecule has 298 valence electrons. The molecule has 0 rings (SSSR count). The second-order valence-electron chi connectivity index (χ2n) is 13.7. The molecule has 0 saturated heterocycles. The summed E-state index contributed by atoms with van der Waals surface area (Å²) in [5, 5.41) is 22.6. The van der Waals surface area contributed by atoms with Crippen molar-refractivity contribution in [3.63, 3.8) is 0 Å². The lowest BCUT2D eigenvalue weighted by molar-refractivity contribution is -0.123. The van der Waals surface area contributed by atoms with Gasteiger partial charge in [0.15, 0.2) is 0 Å². The van der Waals surface area contributed by atoms with Gasteiger partial charge in [-0.25, -0.2) is 0 Å². The molecule has 0 saturated carbocycles. The van der Waals surface area contributed by atoms with Crippen LogP contribution in [0.4, 0.5) is 0 Å². The van der Waals surface area contributed by atoms with Crippen molar-refractivity contribution in [2.45, 2.75) is 174 Å². The minimum atomic E-state index is -0.669. The van der Waals surface area contributed by atoms with Gasteiger partial charge in [-0.15, -0.1) is 0 Å². The second kappa shape index (κ2) is 43.2. The van der Waals surface area contributed by atoms with Gasteiger partial charge in [0.25, 0.3) is 0 Å². The third-order valence-electron chi connectivity index (χ3n) is 8.74. The van der Waals surface area contributed by atoms with Crippen LogP contribution in [0.3, 0.4) is 0 Å². The number of carbonyl (C=O) groups excluding carboxylic acids is 1. The number of carbonyl (C=O) groups is 1. The van der Waals surface area contributed by atoms with Crippen LogP contribution < -0.4 is 5.32 Å². The zero-order valence-electron chi connectivity index (χ0n) is 34.0. The van der Waals surface area contributed by atoms with Crippen molar-refractivity contribution in [2.24, 2.45) is 0 Å². The molecular formula is C49H79NO3. The van der Waals surface area contributed by atoms with E-state index in [9.17, 15) is 15.0 Å². The summed E-state index contributed by atoms with van der Waals surface area (Å²) in [5.74, 6) is -0.0626. The Hall–Kier alpha value is -3.21. The van der Waals surface area contributed by atoms with Gasteiger partial charge in [-0.1, -0.05) is 187 Å². The van der Waals surface area contributed by atoms with Gasteiger partial charge in [0.05, 0.1) is 18.8 Å². The Labute approximate surface area is 327 Å². The van der Waals surface area contributed by atoms with Crippen LogP contribution in [0.5, 0.6) is 0 Å². The molecule has 53 heavy (non-hydrogen) atoms. The molecule has 4 nitrogen and oxygen atoms in total. The van der Waals surface area contributed by atoms with Crippen molar-refractivity contribution < 1.29 is 15.0 Å². The summed E-state index contributed by atoms with van der Waals surface area (Å²) < 4.78 is 0. The number of rotatable bonds is 36. The first kappa shape index (κ1) is 49.8. The summed E-state index contributed by atoms with van der Waals surface area (Å²) in [6.07, 6.45) is 67.5. The van der Waals surface area contributed by atoms with Gasteiger partial charge in [-0.2, -0.15) is 0 Å². The number of unbranched alkanes of at least 4 members (excludes halogenated alkanes) is 9. The minimum Gasteiger partial charge on any atom is -0.394 e. The summed E-state index contributed by atoms with van der Waals surface area (Å²) in [6, 6.07) is -0.548. The average molecular weight is 730 g/mol. The number of allylic oxidation sites excluding steroid dienone is 20. The van der Waals surface area contributed by atoms with E-state index < -0.39 is 12.1 Å². The fourth-order valence-electron chi connectivity index (χ4n) is 5.50. The predicted octanol–water partition coefficient (Wildman–Crippen LogP) is 13.4. The summed E-state index contributed by atoms with van der Waals surface area (Å²) in [4.78, 5) is 12.2. The molecule has 2 atom stereocenters. The second-order valence-corrected chi connectivity index (χ2v) is 13.7. The maximum Gasteiger partial charge on any atom is 0.220 e. The third-order valence-corrected chi connectivity index (χ3v) is 8.74. The standard InChI is InChI=1S/C49H79NO3/c1-3-5-7-9-10-11-12-13-14-15-16-17-18-19-20-21-22-23-24-25-26-27-28-29-30-31-32-33-34-35-36-37-38-39-40-41-43-45-49(53)50-47(46-51)48(52)44-42-8-6-4-2/h5,7,10-11,13-14,16-17,19-20,22-23,25-26,28-29,31-32,34-35,47-48,51-52H,3-4,6,8-9,12,15,18,21,24,27,30,33,36-46H2,1-2H3,(H,50,53)/b7-5-,11-10-,14-13-,17-16-,20-19-,23-22-,26-25-,29-28-,32-31-,35-34-. The summed E-state index contributed by atoms with van der Waals surface area (Å²) in [5.41, 5.74) is 0. The van der Waals surface area contributed by atoms with Crippen LogP contribution in [-0.4, -0.2) is 34.9 Å². The van der Waals surface area contributed by atoms with Gasteiger partial charge in [-0.05, 0) is 89.9 Å². The van der Waals surface area contributed by atoms with Crippen LogP contribution in [0.25, 0.3) is 0 Å². The highest BCUT2D eigenvalue weighted by molar-refractivity contribution is 5.76. The lowest BCUT2D eigenvalue weighted by Gasteiger charge is -2.22. The number of amides is 1. The molecule has 2 unspecified atom stereocenters. The van der Waals surface area contributed by atoms with Crippen molar-refractivity contribution in [3.8, 4) is 0 Å². The van der Waals surface area contributed by atoms with Crippen LogP contribution >= 0.6 is 0 Å². The highest BCUT2D eigenvalue weighted by Crippen LogP contribution is 2.11. The van der Waals surface area contributed by atoms with Crippen LogP contribution in [0.1, 0.15) is 162 Å². The maximum atomic E-state index is 12.2. The monoisotopic (exact) mass is 730 g/mol. The van der Waals surface area contributed by atoms with E-state index in [0.29, 0.717) is 12.8 Å². The zero-order chi connectivity index (χ0) is 38.6. The smallest absolute Gasteiger partial charge is 0.220 e. The topological polar surface area (TPSA) is 69.6 Å². The highest BCUT2D eigenvalue weighted by atomic mass is 16.3. The van der Waals surface area contributed by atoms with Gasteiger partial charge >= 0.3 is 0 Å². The number of hydrogen-bond acceptors (Lipinski definition) is 3. The Morgan fingerprint density at radius 1 is 0.472 bits per heavy atom. The average Bonchev–Trinajstić information content (AvgIpc) is 3.16. The predicted molar refractivity (Wildman–Crippen MR) is 234 cm³/mol. The van der Waals surface area contributed by atoms with E-state index in [2.05, 4.69) is 141 Å². The number of aliphatic hydroxyl groups is 2. The molecule has 1 amide bonds. The molecule has 0 bridgehead atoms. The maximum absolute atomic E-state index is 12.2. The SMILES string of the molecule is CC/C=C\C/C=C\C/C=C\C/C=C\C/C=C\C/C=C\C/C=C\C/C=C\C/C=C\C/C=C\CCCCCCCCC(=O)NC(CO)C(O)CCCCCC. The fraction of sp³-hybridized carbons (Fsp3) is 0.571. The molecule has 0 heterocycles. The summed E-state index contributed by atoms with van der Waals surface area (Å²) >= 11 is 0. The highest BCUT2D eigenvalue weighted by Gasteiger charge is 2.19. The number of aliphatic hydroxyl groups excluding tert-OH is 2. The summed E-state index contributed by atoms with van der Waals surface area (Å²) in [6.45, 7) is 4.10. The Balaban J connectivity index is 3.64. The van der Waals surface area contributed by atoms with Crippen molar-refractivity contribution in [3.05, 3.63) is 122 Å². The molecular weight excluding hydrogens is 651 g/mol. The zero-order valence-corrected chi connectivity index (χ0v) is 34.0. The first-order chi connectivity index (χ1) is 26.2. The molecule has 0 aliphatic heterocycles. The Kier molecular flexibility index (Phi) is 40.6. The molecule has 0 aliphatic rings. The van der Waals surface area contributed by atoms with E-state index in [-0.39, 0.29) is 12.5 Å². The normalized spacial score (nSPS) is 14.3. The van der Waals surface area contributed by atoms with E-state index in [4.69, 9.17) is 0 Å². The molecule has 3 N–H and O–H groups in total. The molecule has 0 spiro atoms. The van der Waals surface area contributed by atoms with Gasteiger partial charge in [0.1, 0.15) is 0 Å². The lowest BCUT2D eigenvalue weighted by atomic mass is 10.0. The number of nitrogens with one attached hydrogen (secondary N) is 1. The first-order valence-electron chi connectivity index (χ1n) is 21.2. The van der Waals surface area contributed by atoms with Crippen molar-refractivity contribution >= 4 is 5.91 Å². The van der Waals surface area contributed by atoms with E-state index in [1.807, 2.05) is 0 Å². The molecule has 4 heteroatoms. The van der Waals surface area contributed by atoms with E-state index in [1.54, 1.807) is 0 Å². The summed E-state index contributed by atoms with van der Waals surface area (Å²) in [7, 11) is 0. The van der Waals surface area contributed by atoms with E-state index >= 15 is 0 Å². The molecule has 0 aliphatic carbocycles. The Morgan fingerprint density at radius 3 is 1.23 bits per heavy atom. The fourth-order valence-corrected chi connectivity index (χ4v) is 5.50. The van der Waals surface area contributed by atoms with Crippen LogP contribution in [0.15, 0.2) is 122 Å². The van der Waals surface area contributed by atoms with Crippen LogP contribution in [0.2, 0.25) is 0 Å². The van der Waals surface area contributed by atoms with Gasteiger partial charge in [-0.3, -0.25) is 4.79 Å². The first-order valence-corrected chi connectivity index (χ1v) is 21.2. The largest absolute Gasteiger partial charge is 0.394 e. The van der Waals surface area contributed by atoms with Crippen LogP contribution in [0, 0.1) is 0 Å². The Bertz CT molecular complexity index is 1100. The molecule has 0 radical (unpaired) electrons. The molecule has 0 fully saturated rings. The van der Waals surface area contributed by atoms with Gasteiger partial charge < -0.3 is 15.5 Å². The van der Waals surface area contributed by atoms with Crippen molar-refractivity contribution in [1.82, 2.24) is 5.32 Å². The quantitative estimate of drug-likeness (QED) is 0.0444. The van der Waals surface area contributed by atoms with E-state index in [1.165, 1.54) is 19.3 Å². The lowest BCUT2D eigenvalue weighted by Crippen LogP contribution is -2.45. The van der Waals surface area contributed by atoms with E-state index in [0.717, 1.165) is 116 Å². The van der Waals surface area contributed by atoms with Crippen molar-refractivity contribution in [2.75, 3.05) is 6.61 Å². The van der Waals surface area contributed by atoms with Crippen molar-refractivity contribution in [1.29, 1.82) is 0 Å². The van der Waals surface area contributed by atoms with Gasteiger partial charge in [0.2, 0.25) is 5.91 Å². The van der Waals surface area contributed by atoms with Gasteiger partial charge in [0, 0.05) is 6.42 Å². The van der Waals surface area contributed by atoms with Crippen LogP contribution in [-0.2, 0) is 4.79 Å². The molecule has 0 aromatic rings. The minimum absolute atomic E-state index is 0.0626. The third kappa shape index (κ3) is 39.8. The number of hydrogen-bond donors (Lipinski definition) is 3. The molecule has 0 aromatic heterocycles. The Morgan fingerprint density at radius 2 is 0.830 bits per heavy atom.